The second-order valence-corrected chi connectivity index (χ2v) is 8.06. The van der Waals surface area contributed by atoms with Gasteiger partial charge in [0.1, 0.15) is 5.75 Å². The fourth-order valence-electron chi connectivity index (χ4n) is 4.79. The van der Waals surface area contributed by atoms with Gasteiger partial charge in [0, 0.05) is 16.8 Å². The first-order valence-corrected chi connectivity index (χ1v) is 10.7. The van der Waals surface area contributed by atoms with Crippen LogP contribution in [0.1, 0.15) is 24.0 Å². The number of hydrogen-bond acceptors (Lipinski definition) is 3. The molecule has 31 heavy (non-hydrogen) atoms. The third-order valence-electron chi connectivity index (χ3n) is 6.24. The van der Waals surface area contributed by atoms with E-state index in [0.29, 0.717) is 0 Å². The number of nitrogens with zero attached hydrogens (tertiary/aromatic N) is 1. The lowest BCUT2D eigenvalue weighted by atomic mass is 9.87. The number of anilines is 1. The van der Waals surface area contributed by atoms with E-state index in [0.717, 1.165) is 46.6 Å². The molecule has 0 aromatic heterocycles. The summed E-state index contributed by atoms with van der Waals surface area (Å²) in [6.07, 6.45) is 6.08. The van der Waals surface area contributed by atoms with Crippen molar-refractivity contribution < 1.29 is 9.53 Å². The van der Waals surface area contributed by atoms with Crippen LogP contribution in [0.5, 0.6) is 5.75 Å². The van der Waals surface area contributed by atoms with Crippen molar-refractivity contribution >= 4 is 23.6 Å². The van der Waals surface area contributed by atoms with Crippen molar-refractivity contribution in [1.29, 1.82) is 0 Å². The van der Waals surface area contributed by atoms with Gasteiger partial charge in [-0.05, 0) is 60.4 Å². The lowest BCUT2D eigenvalue weighted by molar-refractivity contribution is -0.112. The third-order valence-corrected chi connectivity index (χ3v) is 6.24. The van der Waals surface area contributed by atoms with Gasteiger partial charge in [0.05, 0.1) is 19.2 Å². The second-order valence-electron chi connectivity index (χ2n) is 8.06. The minimum Gasteiger partial charge on any atom is -0.497 e. The van der Waals surface area contributed by atoms with Crippen LogP contribution in [0.3, 0.4) is 0 Å². The van der Waals surface area contributed by atoms with E-state index in [2.05, 4.69) is 53.5 Å². The summed E-state index contributed by atoms with van der Waals surface area (Å²) in [6.45, 7) is 0. The van der Waals surface area contributed by atoms with Crippen molar-refractivity contribution in [2.75, 3.05) is 12.0 Å². The van der Waals surface area contributed by atoms with Gasteiger partial charge in [-0.3, -0.25) is 4.79 Å². The summed E-state index contributed by atoms with van der Waals surface area (Å²) in [6, 6.07) is 28.6. The average Bonchev–Trinajstić information content (AvgIpc) is 3.21. The summed E-state index contributed by atoms with van der Waals surface area (Å²) in [4.78, 5) is 16.1. The summed E-state index contributed by atoms with van der Waals surface area (Å²) >= 11 is 0. The Morgan fingerprint density at radius 2 is 1.23 bits per heavy atom. The molecule has 2 heterocycles. The Balaban J connectivity index is 1.63. The van der Waals surface area contributed by atoms with Crippen LogP contribution in [0, 0.1) is 0 Å². The number of benzene rings is 3. The van der Waals surface area contributed by atoms with Crippen molar-refractivity contribution in [3.63, 3.8) is 0 Å². The minimum atomic E-state index is 0.0824. The summed E-state index contributed by atoms with van der Waals surface area (Å²) < 4.78 is 5.35. The first kappa shape index (κ1) is 19.4. The number of carbonyl (C=O) groups is 1. The number of rotatable bonds is 4. The molecule has 154 valence electrons. The Hall–Kier alpha value is -3.59. The zero-order chi connectivity index (χ0) is 21.2. The highest BCUT2D eigenvalue weighted by Crippen LogP contribution is 2.44. The Labute approximate surface area is 183 Å². The number of ether oxygens (including phenoxy) is 1. The number of carbonyl (C=O) groups excluding carboxylic acids is 1. The second kappa shape index (κ2) is 8.27. The molecule has 0 aliphatic carbocycles. The molecule has 2 bridgehead atoms. The molecule has 0 amide bonds. The highest BCUT2D eigenvalue weighted by atomic mass is 16.5. The molecule has 3 heteroatoms. The third kappa shape index (κ3) is 3.68. The van der Waals surface area contributed by atoms with E-state index in [1.807, 2.05) is 48.5 Å². The topological polar surface area (TPSA) is 29.5 Å². The molecule has 3 aromatic carbocycles. The molecule has 2 fully saturated rings. The van der Waals surface area contributed by atoms with Crippen LogP contribution in [-0.4, -0.2) is 25.0 Å². The van der Waals surface area contributed by atoms with Gasteiger partial charge >= 0.3 is 0 Å². The zero-order valence-electron chi connectivity index (χ0n) is 17.6. The largest absolute Gasteiger partial charge is 0.497 e. The molecule has 0 unspecified atom stereocenters. The monoisotopic (exact) mass is 407 g/mol. The quantitative estimate of drug-likeness (QED) is 0.513. The maximum absolute atomic E-state index is 13.7. The highest BCUT2D eigenvalue weighted by Gasteiger charge is 2.46. The predicted molar refractivity (Wildman–Crippen MR) is 126 cm³/mol. The van der Waals surface area contributed by atoms with Gasteiger partial charge in [0.15, 0.2) is 5.78 Å². The molecule has 0 spiro atoms. The Morgan fingerprint density at radius 3 is 1.68 bits per heavy atom. The Bertz CT molecular complexity index is 1060. The van der Waals surface area contributed by atoms with E-state index < -0.39 is 0 Å². The smallest absolute Gasteiger partial charge is 0.189 e. The van der Waals surface area contributed by atoms with Gasteiger partial charge in [-0.1, -0.05) is 60.7 Å². The molecule has 2 atom stereocenters. The van der Waals surface area contributed by atoms with Crippen molar-refractivity contribution in [2.45, 2.75) is 24.9 Å². The number of piperidine rings is 1. The van der Waals surface area contributed by atoms with E-state index in [1.54, 1.807) is 7.11 Å². The Morgan fingerprint density at radius 1 is 0.742 bits per heavy atom. The fraction of sp³-hybridized carbons (Fsp3) is 0.179. The molecule has 5 rings (SSSR count). The summed E-state index contributed by atoms with van der Waals surface area (Å²) in [5, 5.41) is 0. The van der Waals surface area contributed by atoms with Gasteiger partial charge in [0.25, 0.3) is 0 Å². The van der Waals surface area contributed by atoms with Gasteiger partial charge in [-0.2, -0.15) is 0 Å². The van der Waals surface area contributed by atoms with E-state index >= 15 is 0 Å². The first-order valence-electron chi connectivity index (χ1n) is 10.7. The fourth-order valence-corrected chi connectivity index (χ4v) is 4.79. The molecule has 2 aliphatic rings. The van der Waals surface area contributed by atoms with Crippen LogP contribution in [0.25, 0.3) is 12.2 Å². The van der Waals surface area contributed by atoms with E-state index in [-0.39, 0.29) is 17.9 Å². The van der Waals surface area contributed by atoms with E-state index in [1.165, 1.54) is 0 Å². The van der Waals surface area contributed by atoms with Crippen molar-refractivity contribution in [2.24, 2.45) is 0 Å². The van der Waals surface area contributed by atoms with E-state index in [9.17, 15) is 4.79 Å². The molecule has 0 N–H and O–H groups in total. The SMILES string of the molecule is COc1ccc(N2[C@@H]3CC[C@H]2/C(=C\c2ccccc2)C(=O)C3=Cc2ccccc2)cc1. The van der Waals surface area contributed by atoms with Crippen LogP contribution >= 0.6 is 0 Å². The predicted octanol–water partition coefficient (Wildman–Crippen LogP) is 5.78. The molecular weight excluding hydrogens is 382 g/mol. The first-order chi connectivity index (χ1) is 15.2. The minimum absolute atomic E-state index is 0.0824. The van der Waals surface area contributed by atoms with Crippen molar-refractivity contribution in [3.8, 4) is 5.75 Å². The number of methoxy groups -OCH3 is 1. The standard InChI is InChI=1S/C28H25NO2/c1-31-23-14-12-22(13-15-23)29-26-16-17-27(29)25(19-21-10-6-3-7-11-21)28(30)24(26)18-20-8-4-2-5-9-20/h2-15,18-19,26-27H,16-17H2,1H3/b24-18+,25-19?/t26-,27+/m0/s1. The molecular formula is C28H25NO2. The number of hydrogen-bond donors (Lipinski definition) is 0. The van der Waals surface area contributed by atoms with Crippen LogP contribution in [0.15, 0.2) is 96.1 Å². The molecule has 3 nitrogen and oxygen atoms in total. The normalized spacial score (nSPS) is 22.9. The van der Waals surface area contributed by atoms with Crippen LogP contribution < -0.4 is 9.64 Å². The maximum atomic E-state index is 13.7. The van der Waals surface area contributed by atoms with Crippen LogP contribution in [-0.2, 0) is 4.79 Å². The number of Topliss-reactive ketones (excluding diaryl/α,β-unsaturated/α-hetero) is 1. The molecule has 2 aliphatic heterocycles. The molecule has 0 radical (unpaired) electrons. The summed E-state index contributed by atoms with van der Waals surface area (Å²) in [7, 11) is 1.68. The van der Waals surface area contributed by atoms with Gasteiger partial charge < -0.3 is 9.64 Å². The van der Waals surface area contributed by atoms with Crippen LogP contribution in [0.2, 0.25) is 0 Å². The average molecular weight is 408 g/mol. The van der Waals surface area contributed by atoms with E-state index in [4.69, 9.17) is 4.74 Å². The van der Waals surface area contributed by atoms with Crippen molar-refractivity contribution in [3.05, 3.63) is 107 Å². The van der Waals surface area contributed by atoms with Crippen molar-refractivity contribution in [1.82, 2.24) is 0 Å². The lowest BCUT2D eigenvalue weighted by Gasteiger charge is -2.39. The number of ketones is 1. The van der Waals surface area contributed by atoms with Crippen LogP contribution in [0.4, 0.5) is 5.69 Å². The number of fused-ring (bicyclic) bond motifs is 2. The molecule has 2 saturated heterocycles. The molecule has 3 aromatic rings. The lowest BCUT2D eigenvalue weighted by Crippen LogP contribution is -2.46. The summed E-state index contributed by atoms with van der Waals surface area (Å²) in [5.41, 5.74) is 4.99. The summed E-state index contributed by atoms with van der Waals surface area (Å²) in [5.74, 6) is 1.01. The van der Waals surface area contributed by atoms with Gasteiger partial charge in [-0.25, -0.2) is 0 Å². The Kier molecular flexibility index (Phi) is 5.17. The molecule has 0 saturated carbocycles. The maximum Gasteiger partial charge on any atom is 0.189 e. The van der Waals surface area contributed by atoms with Gasteiger partial charge in [0.2, 0.25) is 0 Å². The highest BCUT2D eigenvalue weighted by molar-refractivity contribution is 6.17. The van der Waals surface area contributed by atoms with Gasteiger partial charge in [-0.15, -0.1) is 0 Å². The zero-order valence-corrected chi connectivity index (χ0v) is 17.6.